The molecule has 56 valence electrons. The summed E-state index contributed by atoms with van der Waals surface area (Å²) < 4.78 is 0. The third kappa shape index (κ3) is 3.38. The van der Waals surface area contributed by atoms with E-state index in [1.807, 2.05) is 12.4 Å². The number of nitrogens with zero attached hydrogens (tertiary/aromatic N) is 2. The van der Waals surface area contributed by atoms with E-state index < -0.39 is 0 Å². The van der Waals surface area contributed by atoms with Gasteiger partial charge in [-0.1, -0.05) is 0 Å². The van der Waals surface area contributed by atoms with Crippen LogP contribution in [0.3, 0.4) is 0 Å². The Morgan fingerprint density at radius 1 is 0.800 bits per heavy atom. The number of hydrogen-bond acceptors (Lipinski definition) is 2. The van der Waals surface area contributed by atoms with E-state index in [1.54, 1.807) is 0 Å². The van der Waals surface area contributed by atoms with Gasteiger partial charge in [-0.15, -0.1) is 0 Å². The third-order valence-electron chi connectivity index (χ3n) is 1.50. The molecule has 2 aliphatic heterocycles. The Morgan fingerprint density at radius 2 is 1.30 bits per heavy atom. The fourth-order valence-corrected chi connectivity index (χ4v) is 0.913. The first-order chi connectivity index (χ1) is 5.00. The lowest BCUT2D eigenvalue weighted by Gasteiger charge is -1.67. The molecule has 0 unspecified atom stereocenters. The minimum Gasteiger partial charge on any atom is -0.298 e. The summed E-state index contributed by atoms with van der Waals surface area (Å²) in [6.45, 7) is 2.14. The normalized spacial score (nSPS) is 20.8. The van der Waals surface area contributed by atoms with Gasteiger partial charge < -0.3 is 0 Å². The Kier molecular flexibility index (Phi) is 3.84. The zero-order valence-electron chi connectivity index (χ0n) is 6.29. The molecule has 0 aromatic heterocycles. The van der Waals surface area contributed by atoms with E-state index in [9.17, 15) is 0 Å². The van der Waals surface area contributed by atoms with E-state index in [-0.39, 0.29) is 0 Å². The zero-order chi connectivity index (χ0) is 7.07. The van der Waals surface area contributed by atoms with Gasteiger partial charge in [0.05, 0.1) is 0 Å². The molecule has 0 saturated heterocycles. The molecule has 0 saturated carbocycles. The van der Waals surface area contributed by atoms with Crippen molar-refractivity contribution in [3.63, 3.8) is 0 Å². The van der Waals surface area contributed by atoms with Crippen LogP contribution in [0, 0.1) is 0 Å². The Bertz CT molecular complexity index is 99.2. The average Bonchev–Trinajstić information content (AvgIpc) is 2.67. The summed E-state index contributed by atoms with van der Waals surface area (Å²) in [5.74, 6) is 0. The number of rotatable bonds is 0. The lowest BCUT2D eigenvalue weighted by molar-refractivity contribution is 0.952. The van der Waals surface area contributed by atoms with Crippen LogP contribution in [0.25, 0.3) is 0 Å². The molecule has 2 heteroatoms. The van der Waals surface area contributed by atoms with Crippen molar-refractivity contribution >= 4 is 12.4 Å². The van der Waals surface area contributed by atoms with E-state index in [2.05, 4.69) is 9.98 Å². The van der Waals surface area contributed by atoms with Crippen molar-refractivity contribution in [2.24, 2.45) is 9.98 Å². The SMILES string of the molecule is C1=NCCC1.C1=NCCC1. The van der Waals surface area contributed by atoms with E-state index in [1.165, 1.54) is 25.7 Å². The molecule has 2 aliphatic rings. The fraction of sp³-hybridized carbons (Fsp3) is 0.750. The van der Waals surface area contributed by atoms with Gasteiger partial charge in [-0.3, -0.25) is 9.98 Å². The number of aliphatic imine (C=N–C) groups is 2. The van der Waals surface area contributed by atoms with Gasteiger partial charge in [0.1, 0.15) is 0 Å². The summed E-state index contributed by atoms with van der Waals surface area (Å²) in [4.78, 5) is 7.92. The van der Waals surface area contributed by atoms with Crippen LogP contribution in [0.2, 0.25) is 0 Å². The molecule has 0 fully saturated rings. The first kappa shape index (κ1) is 7.45. The van der Waals surface area contributed by atoms with E-state index in [4.69, 9.17) is 0 Å². The van der Waals surface area contributed by atoms with Crippen LogP contribution in [-0.4, -0.2) is 25.5 Å². The van der Waals surface area contributed by atoms with Gasteiger partial charge in [0.15, 0.2) is 0 Å². The summed E-state index contributed by atoms with van der Waals surface area (Å²) >= 11 is 0. The minimum absolute atomic E-state index is 1.07. The van der Waals surface area contributed by atoms with Crippen molar-refractivity contribution in [3.8, 4) is 0 Å². The predicted molar refractivity (Wildman–Crippen MR) is 45.2 cm³/mol. The van der Waals surface area contributed by atoms with Crippen LogP contribution < -0.4 is 0 Å². The predicted octanol–water partition coefficient (Wildman–Crippen LogP) is 1.70. The molecule has 0 aliphatic carbocycles. The van der Waals surface area contributed by atoms with E-state index >= 15 is 0 Å². The first-order valence-corrected chi connectivity index (χ1v) is 3.97. The van der Waals surface area contributed by atoms with Crippen molar-refractivity contribution in [2.75, 3.05) is 13.1 Å². The topological polar surface area (TPSA) is 24.7 Å². The van der Waals surface area contributed by atoms with Crippen LogP contribution in [0.4, 0.5) is 0 Å². The third-order valence-corrected chi connectivity index (χ3v) is 1.50. The van der Waals surface area contributed by atoms with Crippen LogP contribution in [-0.2, 0) is 0 Å². The first-order valence-electron chi connectivity index (χ1n) is 3.97. The molecule has 2 heterocycles. The van der Waals surface area contributed by atoms with Gasteiger partial charge in [-0.05, 0) is 38.1 Å². The van der Waals surface area contributed by atoms with Crippen molar-refractivity contribution in [1.82, 2.24) is 0 Å². The molecule has 0 radical (unpaired) electrons. The van der Waals surface area contributed by atoms with Crippen molar-refractivity contribution < 1.29 is 0 Å². The standard InChI is InChI=1S/2C4H7N/c2*1-2-4-5-3-1/h2*3H,1-2,4H2. The lowest BCUT2D eigenvalue weighted by atomic mass is 10.4. The van der Waals surface area contributed by atoms with Crippen molar-refractivity contribution in [3.05, 3.63) is 0 Å². The van der Waals surface area contributed by atoms with Gasteiger partial charge in [0, 0.05) is 13.1 Å². The molecule has 0 N–H and O–H groups in total. The summed E-state index contributed by atoms with van der Waals surface area (Å²) in [5.41, 5.74) is 0. The highest BCUT2D eigenvalue weighted by atomic mass is 14.7. The molecule has 0 atom stereocenters. The van der Waals surface area contributed by atoms with Crippen molar-refractivity contribution in [2.45, 2.75) is 25.7 Å². The Labute approximate surface area is 62.1 Å². The van der Waals surface area contributed by atoms with Crippen molar-refractivity contribution in [1.29, 1.82) is 0 Å². The Morgan fingerprint density at radius 3 is 1.40 bits per heavy atom. The molecular weight excluding hydrogens is 124 g/mol. The molecule has 2 nitrogen and oxygen atoms in total. The Hall–Kier alpha value is -0.660. The van der Waals surface area contributed by atoms with Gasteiger partial charge >= 0.3 is 0 Å². The van der Waals surface area contributed by atoms with E-state index in [0.717, 1.165) is 13.1 Å². The maximum Gasteiger partial charge on any atom is 0.0388 e. The largest absolute Gasteiger partial charge is 0.298 e. The summed E-state index contributed by atoms with van der Waals surface area (Å²) in [7, 11) is 0. The monoisotopic (exact) mass is 138 g/mol. The molecule has 0 aromatic rings. The van der Waals surface area contributed by atoms with Gasteiger partial charge in [0.25, 0.3) is 0 Å². The molecular formula is C8H14N2. The second kappa shape index (κ2) is 5.15. The van der Waals surface area contributed by atoms with E-state index in [0.29, 0.717) is 0 Å². The average molecular weight is 138 g/mol. The van der Waals surface area contributed by atoms with Gasteiger partial charge in [0.2, 0.25) is 0 Å². The molecule has 0 aromatic carbocycles. The zero-order valence-corrected chi connectivity index (χ0v) is 6.29. The van der Waals surface area contributed by atoms with Crippen LogP contribution in [0.5, 0.6) is 0 Å². The lowest BCUT2D eigenvalue weighted by Crippen LogP contribution is -1.62. The summed E-state index contributed by atoms with van der Waals surface area (Å²) in [6.07, 6.45) is 8.94. The number of hydrogen-bond donors (Lipinski definition) is 0. The smallest absolute Gasteiger partial charge is 0.0388 e. The van der Waals surface area contributed by atoms with Crippen LogP contribution in [0.15, 0.2) is 9.98 Å². The second-order valence-corrected chi connectivity index (χ2v) is 2.46. The molecule has 0 bridgehead atoms. The van der Waals surface area contributed by atoms with Crippen LogP contribution in [0.1, 0.15) is 25.7 Å². The summed E-state index contributed by atoms with van der Waals surface area (Å²) in [5, 5.41) is 0. The summed E-state index contributed by atoms with van der Waals surface area (Å²) in [6, 6.07) is 0. The quantitative estimate of drug-likeness (QED) is 0.487. The fourth-order valence-electron chi connectivity index (χ4n) is 0.913. The highest BCUT2D eigenvalue weighted by Gasteiger charge is 1.86. The Balaban J connectivity index is 0.0000001000. The second-order valence-electron chi connectivity index (χ2n) is 2.46. The molecule has 2 rings (SSSR count). The highest BCUT2D eigenvalue weighted by Crippen LogP contribution is 1.92. The molecule has 0 spiro atoms. The molecule has 0 amide bonds. The maximum atomic E-state index is 3.96. The van der Waals surface area contributed by atoms with Gasteiger partial charge in [-0.2, -0.15) is 0 Å². The minimum atomic E-state index is 1.07. The maximum absolute atomic E-state index is 3.96. The van der Waals surface area contributed by atoms with Gasteiger partial charge in [-0.25, -0.2) is 0 Å². The van der Waals surface area contributed by atoms with Crippen LogP contribution >= 0.6 is 0 Å². The molecule has 10 heavy (non-hydrogen) atoms. The highest BCUT2D eigenvalue weighted by molar-refractivity contribution is 5.59.